The molecule has 0 aliphatic carbocycles. The topological polar surface area (TPSA) is 41.1 Å². The minimum atomic E-state index is 0.0813. The second kappa shape index (κ2) is 6.55. The van der Waals surface area contributed by atoms with E-state index in [4.69, 9.17) is 0 Å². The molecule has 0 unspecified atom stereocenters. The number of hydrogen-bond donors (Lipinski definition) is 2. The number of carbonyl (C=O) groups is 1. The van der Waals surface area contributed by atoms with Gasteiger partial charge in [0.15, 0.2) is 0 Å². The highest BCUT2D eigenvalue weighted by Gasteiger charge is 2.13. The first-order valence-electron chi connectivity index (χ1n) is 7.48. The van der Waals surface area contributed by atoms with Gasteiger partial charge in [0.1, 0.15) is 0 Å². The third-order valence-corrected chi connectivity index (χ3v) is 3.90. The average molecular weight is 280 g/mol. The van der Waals surface area contributed by atoms with Crippen LogP contribution in [0.15, 0.2) is 48.5 Å². The maximum Gasteiger partial charge on any atom is 0.224 e. The molecular weight excluding hydrogens is 260 g/mol. The molecular formula is C18H20N2O. The standard InChI is InChI=1S/C18H20N2O/c21-18(10-9-14-5-2-1-3-6-14)20-17-8-4-7-15-11-12-19-13-16(15)17/h1-8,19H,9-13H2,(H,20,21). The fraction of sp³-hybridized carbons (Fsp3) is 0.278. The SMILES string of the molecule is O=C(CCc1ccccc1)Nc1cccc2c1CNCC2. The van der Waals surface area contributed by atoms with E-state index in [0.717, 1.165) is 31.6 Å². The van der Waals surface area contributed by atoms with Gasteiger partial charge in [-0.1, -0.05) is 42.5 Å². The van der Waals surface area contributed by atoms with E-state index in [2.05, 4.69) is 28.8 Å². The molecule has 0 aromatic heterocycles. The monoisotopic (exact) mass is 280 g/mol. The number of fused-ring (bicyclic) bond motifs is 1. The van der Waals surface area contributed by atoms with Crippen LogP contribution in [0.4, 0.5) is 5.69 Å². The van der Waals surface area contributed by atoms with Gasteiger partial charge in [-0.3, -0.25) is 4.79 Å². The van der Waals surface area contributed by atoms with Crippen molar-refractivity contribution in [1.82, 2.24) is 5.32 Å². The number of nitrogens with one attached hydrogen (secondary N) is 2. The Morgan fingerprint density at radius 3 is 2.81 bits per heavy atom. The van der Waals surface area contributed by atoms with Gasteiger partial charge in [-0.15, -0.1) is 0 Å². The Hall–Kier alpha value is -2.13. The molecule has 0 spiro atoms. The number of rotatable bonds is 4. The highest BCUT2D eigenvalue weighted by atomic mass is 16.1. The smallest absolute Gasteiger partial charge is 0.224 e. The van der Waals surface area contributed by atoms with Gasteiger partial charge in [-0.25, -0.2) is 0 Å². The Morgan fingerprint density at radius 2 is 1.95 bits per heavy atom. The number of benzene rings is 2. The molecule has 0 atom stereocenters. The van der Waals surface area contributed by atoms with E-state index in [1.165, 1.54) is 16.7 Å². The highest BCUT2D eigenvalue weighted by Crippen LogP contribution is 2.23. The molecule has 0 radical (unpaired) electrons. The summed E-state index contributed by atoms with van der Waals surface area (Å²) in [6.45, 7) is 1.85. The molecule has 1 heterocycles. The van der Waals surface area contributed by atoms with Crippen molar-refractivity contribution in [2.24, 2.45) is 0 Å². The van der Waals surface area contributed by atoms with Crippen molar-refractivity contribution >= 4 is 11.6 Å². The Kier molecular flexibility index (Phi) is 4.31. The van der Waals surface area contributed by atoms with Crippen LogP contribution in [-0.4, -0.2) is 12.5 Å². The van der Waals surface area contributed by atoms with Crippen LogP contribution in [0.5, 0.6) is 0 Å². The van der Waals surface area contributed by atoms with Crippen LogP contribution in [-0.2, 0) is 24.2 Å². The Labute approximate surface area is 125 Å². The Bertz CT molecular complexity index is 622. The Morgan fingerprint density at radius 1 is 1.10 bits per heavy atom. The summed E-state index contributed by atoms with van der Waals surface area (Å²) in [6, 6.07) is 16.3. The zero-order valence-electron chi connectivity index (χ0n) is 12.1. The predicted octanol–water partition coefficient (Wildman–Crippen LogP) is 2.90. The average Bonchev–Trinajstić information content (AvgIpc) is 2.54. The number of carbonyl (C=O) groups excluding carboxylic acids is 1. The van der Waals surface area contributed by atoms with Crippen LogP contribution in [0.25, 0.3) is 0 Å². The molecule has 3 rings (SSSR count). The maximum absolute atomic E-state index is 12.1. The van der Waals surface area contributed by atoms with Crippen molar-refractivity contribution in [3.63, 3.8) is 0 Å². The normalized spacial score (nSPS) is 13.5. The fourth-order valence-electron chi connectivity index (χ4n) is 2.75. The third-order valence-electron chi connectivity index (χ3n) is 3.90. The van der Waals surface area contributed by atoms with Crippen LogP contribution in [0.1, 0.15) is 23.1 Å². The summed E-state index contributed by atoms with van der Waals surface area (Å²) in [7, 11) is 0. The van der Waals surface area contributed by atoms with Crippen molar-refractivity contribution in [3.8, 4) is 0 Å². The quantitative estimate of drug-likeness (QED) is 0.904. The molecule has 3 heteroatoms. The number of amides is 1. The molecule has 108 valence electrons. The van der Waals surface area contributed by atoms with Crippen molar-refractivity contribution in [3.05, 3.63) is 65.2 Å². The minimum absolute atomic E-state index is 0.0813. The summed E-state index contributed by atoms with van der Waals surface area (Å²) < 4.78 is 0. The van der Waals surface area contributed by atoms with E-state index in [0.29, 0.717) is 6.42 Å². The summed E-state index contributed by atoms with van der Waals surface area (Å²) in [4.78, 5) is 12.1. The molecule has 2 aromatic carbocycles. The van der Waals surface area contributed by atoms with Crippen molar-refractivity contribution < 1.29 is 4.79 Å². The first-order chi connectivity index (χ1) is 10.3. The molecule has 0 saturated carbocycles. The molecule has 3 nitrogen and oxygen atoms in total. The van der Waals surface area contributed by atoms with Crippen molar-refractivity contribution in [2.75, 3.05) is 11.9 Å². The summed E-state index contributed by atoms with van der Waals surface area (Å²) >= 11 is 0. The van der Waals surface area contributed by atoms with Crippen LogP contribution in [0, 0.1) is 0 Å². The summed E-state index contributed by atoms with van der Waals surface area (Å²) in [5.41, 5.74) is 4.73. The second-order valence-electron chi connectivity index (χ2n) is 5.40. The van der Waals surface area contributed by atoms with E-state index < -0.39 is 0 Å². The largest absolute Gasteiger partial charge is 0.326 e. The van der Waals surface area contributed by atoms with Gasteiger partial charge in [-0.05, 0) is 42.1 Å². The summed E-state index contributed by atoms with van der Waals surface area (Å²) in [5, 5.41) is 6.42. The van der Waals surface area contributed by atoms with Gasteiger partial charge < -0.3 is 10.6 Å². The van der Waals surface area contributed by atoms with Gasteiger partial charge >= 0.3 is 0 Å². The Balaban J connectivity index is 1.63. The molecule has 21 heavy (non-hydrogen) atoms. The van der Waals surface area contributed by atoms with E-state index in [1.54, 1.807) is 0 Å². The summed E-state index contributed by atoms with van der Waals surface area (Å²) in [5.74, 6) is 0.0813. The number of aryl methyl sites for hydroxylation is 1. The number of hydrogen-bond acceptors (Lipinski definition) is 2. The zero-order valence-corrected chi connectivity index (χ0v) is 12.1. The molecule has 0 fully saturated rings. The lowest BCUT2D eigenvalue weighted by Gasteiger charge is -2.20. The molecule has 1 amide bonds. The van der Waals surface area contributed by atoms with E-state index in [9.17, 15) is 4.79 Å². The van der Waals surface area contributed by atoms with Gasteiger partial charge in [-0.2, -0.15) is 0 Å². The molecule has 0 saturated heterocycles. The minimum Gasteiger partial charge on any atom is -0.326 e. The molecule has 0 bridgehead atoms. The first kappa shape index (κ1) is 13.8. The van der Waals surface area contributed by atoms with Gasteiger partial charge in [0.25, 0.3) is 0 Å². The lowest BCUT2D eigenvalue weighted by molar-refractivity contribution is -0.116. The third kappa shape index (κ3) is 3.50. The second-order valence-corrected chi connectivity index (χ2v) is 5.40. The lowest BCUT2D eigenvalue weighted by Crippen LogP contribution is -2.25. The van der Waals surface area contributed by atoms with Crippen LogP contribution in [0.2, 0.25) is 0 Å². The fourth-order valence-corrected chi connectivity index (χ4v) is 2.75. The molecule has 2 aromatic rings. The van der Waals surface area contributed by atoms with Crippen molar-refractivity contribution in [1.29, 1.82) is 0 Å². The maximum atomic E-state index is 12.1. The zero-order chi connectivity index (χ0) is 14.5. The predicted molar refractivity (Wildman–Crippen MR) is 85.2 cm³/mol. The van der Waals surface area contributed by atoms with Gasteiger partial charge in [0, 0.05) is 18.7 Å². The van der Waals surface area contributed by atoms with Crippen molar-refractivity contribution in [2.45, 2.75) is 25.8 Å². The van der Waals surface area contributed by atoms with E-state index >= 15 is 0 Å². The lowest BCUT2D eigenvalue weighted by atomic mass is 9.99. The van der Waals surface area contributed by atoms with Crippen LogP contribution < -0.4 is 10.6 Å². The van der Waals surface area contributed by atoms with Gasteiger partial charge in [0.05, 0.1) is 0 Å². The molecule has 1 aliphatic rings. The van der Waals surface area contributed by atoms with E-state index in [1.807, 2.05) is 30.3 Å². The first-order valence-corrected chi connectivity index (χ1v) is 7.48. The molecule has 2 N–H and O–H groups in total. The molecule has 1 aliphatic heterocycles. The summed E-state index contributed by atoms with van der Waals surface area (Å²) in [6.07, 6.45) is 2.32. The van der Waals surface area contributed by atoms with Crippen LogP contribution >= 0.6 is 0 Å². The van der Waals surface area contributed by atoms with Crippen LogP contribution in [0.3, 0.4) is 0 Å². The van der Waals surface area contributed by atoms with E-state index in [-0.39, 0.29) is 5.91 Å². The highest BCUT2D eigenvalue weighted by molar-refractivity contribution is 5.91. The number of anilines is 1. The van der Waals surface area contributed by atoms with Gasteiger partial charge in [0.2, 0.25) is 5.91 Å².